The summed E-state index contributed by atoms with van der Waals surface area (Å²) in [7, 11) is -4.72. The van der Waals surface area contributed by atoms with Gasteiger partial charge in [0.15, 0.2) is 6.04 Å². The highest BCUT2D eigenvalue weighted by Crippen LogP contribution is 2.43. The van der Waals surface area contributed by atoms with Crippen molar-refractivity contribution in [1.82, 2.24) is 5.32 Å². The third kappa shape index (κ3) is 23.8. The van der Waals surface area contributed by atoms with E-state index in [9.17, 15) is 34.1 Å². The number of carboxylic acids is 1. The number of phosphoric acid groups is 1. The van der Waals surface area contributed by atoms with Crippen LogP contribution >= 0.6 is 7.82 Å². The van der Waals surface area contributed by atoms with Crippen LogP contribution in [0.2, 0.25) is 0 Å². The summed E-state index contributed by atoms with van der Waals surface area (Å²) < 4.78 is 26.3. The maximum Gasteiger partial charge on any atom is 0.472 e. The van der Waals surface area contributed by atoms with Gasteiger partial charge in [-0.25, -0.2) is 9.36 Å². The van der Waals surface area contributed by atoms with Crippen LogP contribution in [-0.2, 0) is 32.7 Å². The number of rotatable bonds is 26. The molecule has 0 fully saturated rings. The number of allylic oxidation sites excluding steroid dienone is 2. The van der Waals surface area contributed by atoms with E-state index in [4.69, 9.17) is 4.74 Å². The fraction of sp³-hybridized carbons (Fsp3) is 0.815. The van der Waals surface area contributed by atoms with Crippen LogP contribution in [0.5, 0.6) is 0 Å². The monoisotopic (exact) mass is 579 g/mol. The van der Waals surface area contributed by atoms with Gasteiger partial charge in [0, 0.05) is 12.8 Å². The SMILES string of the molecule is CCCC/C=C\CCCCCCCC(=O)OCC(O)COP(=O)(O)OCC(NC(=O)CCCCCC)C(=O)O. The van der Waals surface area contributed by atoms with Crippen molar-refractivity contribution in [2.24, 2.45) is 0 Å². The third-order valence-electron chi connectivity index (χ3n) is 5.80. The number of nitrogens with one attached hydrogen (secondary N) is 1. The van der Waals surface area contributed by atoms with E-state index < -0.39 is 57.6 Å². The number of aliphatic hydroxyl groups excluding tert-OH is 1. The van der Waals surface area contributed by atoms with Gasteiger partial charge < -0.3 is 25.2 Å². The zero-order chi connectivity index (χ0) is 29.4. The lowest BCUT2D eigenvalue weighted by Crippen LogP contribution is -2.43. The second-order valence-electron chi connectivity index (χ2n) is 9.59. The Kier molecular flexibility index (Phi) is 23.0. The summed E-state index contributed by atoms with van der Waals surface area (Å²) in [5.74, 6) is -2.41. The zero-order valence-electron chi connectivity index (χ0n) is 23.7. The molecule has 0 rings (SSSR count). The Morgan fingerprint density at radius 1 is 0.795 bits per heavy atom. The van der Waals surface area contributed by atoms with E-state index in [2.05, 4.69) is 33.4 Å². The van der Waals surface area contributed by atoms with Gasteiger partial charge in [-0.1, -0.05) is 77.4 Å². The van der Waals surface area contributed by atoms with E-state index in [0.29, 0.717) is 12.8 Å². The molecule has 228 valence electrons. The highest BCUT2D eigenvalue weighted by molar-refractivity contribution is 7.47. The van der Waals surface area contributed by atoms with Crippen LogP contribution in [0.25, 0.3) is 0 Å². The Morgan fingerprint density at radius 2 is 1.36 bits per heavy atom. The molecule has 0 bridgehead atoms. The van der Waals surface area contributed by atoms with Gasteiger partial charge in [-0.3, -0.25) is 18.6 Å². The first-order valence-corrected chi connectivity index (χ1v) is 15.7. The van der Waals surface area contributed by atoms with Gasteiger partial charge in [0.1, 0.15) is 12.7 Å². The molecule has 0 aromatic heterocycles. The fourth-order valence-corrected chi connectivity index (χ4v) is 4.24. The molecule has 3 atom stereocenters. The predicted molar refractivity (Wildman–Crippen MR) is 148 cm³/mol. The number of hydrogen-bond donors (Lipinski definition) is 4. The number of aliphatic hydroxyl groups is 1. The van der Waals surface area contributed by atoms with E-state index in [1.54, 1.807) is 0 Å². The van der Waals surface area contributed by atoms with Crippen LogP contribution < -0.4 is 5.32 Å². The first-order chi connectivity index (χ1) is 18.6. The lowest BCUT2D eigenvalue weighted by Gasteiger charge is -2.18. The van der Waals surface area contributed by atoms with Crippen LogP contribution in [0.4, 0.5) is 0 Å². The molecular weight excluding hydrogens is 529 g/mol. The zero-order valence-corrected chi connectivity index (χ0v) is 24.6. The van der Waals surface area contributed by atoms with Crippen LogP contribution in [0.3, 0.4) is 0 Å². The van der Waals surface area contributed by atoms with Gasteiger partial charge in [-0.05, 0) is 32.1 Å². The Balaban J connectivity index is 4.04. The highest BCUT2D eigenvalue weighted by Gasteiger charge is 2.28. The number of unbranched alkanes of at least 4 members (excludes halogenated alkanes) is 10. The lowest BCUT2D eigenvalue weighted by atomic mass is 10.1. The number of amides is 1. The summed E-state index contributed by atoms with van der Waals surface area (Å²) in [5, 5.41) is 21.4. The summed E-state index contributed by atoms with van der Waals surface area (Å²) in [5.41, 5.74) is 0. The average Bonchev–Trinajstić information content (AvgIpc) is 2.89. The molecule has 0 heterocycles. The maximum absolute atomic E-state index is 12.0. The average molecular weight is 580 g/mol. The van der Waals surface area contributed by atoms with Crippen LogP contribution in [-0.4, -0.2) is 64.9 Å². The predicted octanol–water partition coefficient (Wildman–Crippen LogP) is 5.04. The molecule has 0 aliphatic carbocycles. The van der Waals surface area contributed by atoms with Gasteiger partial charge in [-0.2, -0.15) is 0 Å². The van der Waals surface area contributed by atoms with E-state index in [1.165, 1.54) is 12.8 Å². The molecule has 4 N–H and O–H groups in total. The minimum absolute atomic E-state index is 0.138. The second-order valence-corrected chi connectivity index (χ2v) is 11.0. The summed E-state index contributed by atoms with van der Waals surface area (Å²) in [6.45, 7) is 2.31. The van der Waals surface area contributed by atoms with E-state index in [1.807, 2.05) is 6.92 Å². The molecule has 39 heavy (non-hydrogen) atoms. The Hall–Kier alpha value is -1.78. The van der Waals surface area contributed by atoms with Crippen molar-refractivity contribution < 1.29 is 47.8 Å². The Labute approximate surface area is 233 Å². The number of aliphatic carboxylic acids is 1. The first kappa shape index (κ1) is 37.2. The maximum atomic E-state index is 12.0. The minimum atomic E-state index is -4.72. The van der Waals surface area contributed by atoms with Gasteiger partial charge >= 0.3 is 19.8 Å². The van der Waals surface area contributed by atoms with Crippen molar-refractivity contribution in [3.05, 3.63) is 12.2 Å². The topological polar surface area (TPSA) is 169 Å². The third-order valence-corrected chi connectivity index (χ3v) is 6.76. The van der Waals surface area contributed by atoms with Gasteiger partial charge in [0.25, 0.3) is 0 Å². The smallest absolute Gasteiger partial charge is 0.472 e. The summed E-state index contributed by atoms with van der Waals surface area (Å²) in [6, 6.07) is -1.54. The molecule has 0 saturated carbocycles. The molecule has 0 aromatic rings. The van der Waals surface area contributed by atoms with E-state index in [-0.39, 0.29) is 12.8 Å². The standard InChI is InChI=1S/C27H50NO10P/c1-3-5-7-9-10-11-12-13-14-15-17-19-26(31)36-20-23(29)21-37-39(34,35)38-22-24(27(32)33)28-25(30)18-16-8-6-4-2/h9-10,23-24,29H,3-8,11-22H2,1-2H3,(H,28,30)(H,32,33)(H,34,35)/b10-9-. The molecule has 12 heteroatoms. The minimum Gasteiger partial charge on any atom is -0.480 e. The van der Waals surface area contributed by atoms with E-state index >= 15 is 0 Å². The molecule has 11 nitrogen and oxygen atoms in total. The quantitative estimate of drug-likeness (QED) is 0.0471. The molecule has 0 aliphatic heterocycles. The molecule has 1 amide bonds. The van der Waals surface area contributed by atoms with Crippen molar-refractivity contribution >= 4 is 25.7 Å². The van der Waals surface area contributed by atoms with Gasteiger partial charge in [0.2, 0.25) is 5.91 Å². The molecule has 0 radical (unpaired) electrons. The Bertz CT molecular complexity index is 746. The Morgan fingerprint density at radius 3 is 2.03 bits per heavy atom. The summed E-state index contributed by atoms with van der Waals surface area (Å²) in [6.07, 6.45) is 16.3. The second kappa shape index (κ2) is 24.1. The number of ether oxygens (including phenoxy) is 1. The number of carbonyl (C=O) groups excluding carboxylic acids is 2. The molecule has 3 unspecified atom stereocenters. The molecule has 0 aromatic carbocycles. The van der Waals surface area contributed by atoms with Crippen LogP contribution in [0.15, 0.2) is 12.2 Å². The van der Waals surface area contributed by atoms with Crippen LogP contribution in [0, 0.1) is 0 Å². The number of carboxylic acid groups (broad SMARTS) is 1. The number of esters is 1. The highest BCUT2D eigenvalue weighted by atomic mass is 31.2. The molecule has 0 spiro atoms. The normalized spacial score (nSPS) is 14.6. The van der Waals surface area contributed by atoms with Crippen molar-refractivity contribution in [3.63, 3.8) is 0 Å². The number of carbonyl (C=O) groups is 3. The van der Waals surface area contributed by atoms with Crippen molar-refractivity contribution in [2.75, 3.05) is 19.8 Å². The van der Waals surface area contributed by atoms with E-state index in [0.717, 1.165) is 57.8 Å². The number of phosphoric ester groups is 1. The molecular formula is C27H50NO10P. The first-order valence-electron chi connectivity index (χ1n) is 14.2. The van der Waals surface area contributed by atoms with Crippen molar-refractivity contribution in [1.29, 1.82) is 0 Å². The largest absolute Gasteiger partial charge is 0.480 e. The number of hydrogen-bond acceptors (Lipinski definition) is 8. The van der Waals surface area contributed by atoms with Crippen molar-refractivity contribution in [2.45, 2.75) is 122 Å². The molecule has 0 saturated heterocycles. The van der Waals surface area contributed by atoms with Gasteiger partial charge in [0.05, 0.1) is 13.2 Å². The summed E-state index contributed by atoms with van der Waals surface area (Å²) >= 11 is 0. The van der Waals surface area contributed by atoms with Gasteiger partial charge in [-0.15, -0.1) is 0 Å². The van der Waals surface area contributed by atoms with Crippen molar-refractivity contribution in [3.8, 4) is 0 Å². The fourth-order valence-electron chi connectivity index (χ4n) is 3.47. The summed E-state index contributed by atoms with van der Waals surface area (Å²) in [4.78, 5) is 44.8. The lowest BCUT2D eigenvalue weighted by molar-refractivity contribution is -0.147. The molecule has 0 aliphatic rings. The van der Waals surface area contributed by atoms with Crippen LogP contribution in [0.1, 0.15) is 110 Å².